The van der Waals surface area contributed by atoms with Crippen LogP contribution in [-0.2, 0) is 12.7 Å². The van der Waals surface area contributed by atoms with Crippen molar-refractivity contribution in [2.75, 3.05) is 0 Å². The second-order valence-electron chi connectivity index (χ2n) is 4.71. The molecule has 0 fully saturated rings. The number of hydrogen-bond donors (Lipinski definition) is 0. The number of aromatic nitrogens is 4. The van der Waals surface area contributed by atoms with Crippen molar-refractivity contribution in [3.8, 4) is 11.4 Å². The van der Waals surface area contributed by atoms with Crippen LogP contribution in [0, 0.1) is 0 Å². The number of nitrogens with zero attached hydrogens (tertiary/aromatic N) is 4. The molecule has 3 aromatic rings. The van der Waals surface area contributed by atoms with Crippen molar-refractivity contribution in [3.63, 3.8) is 0 Å². The molecule has 0 aliphatic rings. The Kier molecular flexibility index (Phi) is 3.68. The summed E-state index contributed by atoms with van der Waals surface area (Å²) in [4.78, 5) is 13.9. The number of carbonyl (C=O) groups excluding carboxylic acids is 1. The molecule has 1 aromatic carbocycles. The number of rotatable bonds is 4. The molecule has 0 bridgehead atoms. The van der Waals surface area contributed by atoms with E-state index in [1.807, 2.05) is 0 Å². The first-order valence-corrected chi connectivity index (χ1v) is 6.43. The molecule has 2 aromatic heterocycles. The highest BCUT2D eigenvalue weighted by Crippen LogP contribution is 2.29. The second kappa shape index (κ2) is 5.67. The van der Waals surface area contributed by atoms with Crippen LogP contribution in [0.3, 0.4) is 0 Å². The highest BCUT2D eigenvalue weighted by molar-refractivity contribution is 5.73. The largest absolute Gasteiger partial charge is 0.471 e. The lowest BCUT2D eigenvalue weighted by atomic mass is 10.1. The van der Waals surface area contributed by atoms with Crippen molar-refractivity contribution in [3.05, 3.63) is 53.7 Å². The van der Waals surface area contributed by atoms with Gasteiger partial charge in [0.15, 0.2) is 6.29 Å². The van der Waals surface area contributed by atoms with Crippen LogP contribution >= 0.6 is 0 Å². The van der Waals surface area contributed by atoms with Crippen LogP contribution in [0.5, 0.6) is 0 Å². The lowest BCUT2D eigenvalue weighted by molar-refractivity contribution is -0.159. The summed E-state index contributed by atoms with van der Waals surface area (Å²) in [6.07, 6.45) is -0.933. The van der Waals surface area contributed by atoms with Gasteiger partial charge >= 0.3 is 12.1 Å². The van der Waals surface area contributed by atoms with Crippen LogP contribution < -0.4 is 0 Å². The zero-order chi connectivity index (χ0) is 16.4. The number of hydrogen-bond acceptors (Lipinski definition) is 5. The van der Waals surface area contributed by atoms with E-state index < -0.39 is 12.1 Å². The fourth-order valence-electron chi connectivity index (χ4n) is 1.93. The van der Waals surface area contributed by atoms with Gasteiger partial charge in [0, 0.05) is 11.8 Å². The van der Waals surface area contributed by atoms with Crippen LogP contribution in [0.2, 0.25) is 0 Å². The first kappa shape index (κ1) is 14.9. The van der Waals surface area contributed by atoms with E-state index in [0.717, 1.165) is 5.56 Å². The predicted molar refractivity (Wildman–Crippen MR) is 71.5 cm³/mol. The van der Waals surface area contributed by atoms with Crippen molar-refractivity contribution in [2.24, 2.45) is 0 Å². The Morgan fingerprint density at radius 3 is 2.52 bits per heavy atom. The second-order valence-corrected chi connectivity index (χ2v) is 4.71. The zero-order valence-corrected chi connectivity index (χ0v) is 11.5. The Hall–Kier alpha value is -2.97. The molecular weight excluding hydrogens is 313 g/mol. The quantitative estimate of drug-likeness (QED) is 0.691. The lowest BCUT2D eigenvalue weighted by Gasteiger charge is -2.02. The minimum Gasteiger partial charge on any atom is -0.329 e. The maximum atomic E-state index is 12.4. The van der Waals surface area contributed by atoms with Gasteiger partial charge in [-0.1, -0.05) is 29.4 Å². The number of carbonyl (C=O) groups is 1. The van der Waals surface area contributed by atoms with Gasteiger partial charge in [-0.05, 0) is 5.56 Å². The molecule has 0 aliphatic carbocycles. The predicted octanol–water partition coefficient (Wildman–Crippen LogP) is 2.81. The molecular formula is C14H9F3N4O2. The Bertz CT molecular complexity index is 821. The van der Waals surface area contributed by atoms with Crippen molar-refractivity contribution >= 4 is 6.29 Å². The maximum absolute atomic E-state index is 12.4. The summed E-state index contributed by atoms with van der Waals surface area (Å²) in [7, 11) is 0. The Morgan fingerprint density at radius 2 is 1.96 bits per heavy atom. The molecule has 0 amide bonds. The van der Waals surface area contributed by atoms with Gasteiger partial charge in [-0.3, -0.25) is 9.48 Å². The molecule has 2 heterocycles. The molecule has 0 saturated carbocycles. The molecule has 0 aliphatic heterocycles. The topological polar surface area (TPSA) is 73.8 Å². The maximum Gasteiger partial charge on any atom is 0.471 e. The first-order valence-electron chi connectivity index (χ1n) is 6.43. The van der Waals surface area contributed by atoms with Crippen LogP contribution in [0.1, 0.15) is 21.8 Å². The van der Waals surface area contributed by atoms with E-state index in [-0.39, 0.29) is 5.82 Å². The van der Waals surface area contributed by atoms with Crippen molar-refractivity contribution in [1.82, 2.24) is 19.9 Å². The SMILES string of the molecule is O=Cc1cnn(Cc2ccc(-c3noc(C(F)(F)F)n3)cc2)c1. The summed E-state index contributed by atoms with van der Waals surface area (Å²) in [5.41, 5.74) is 1.73. The van der Waals surface area contributed by atoms with Crippen LogP contribution in [-0.4, -0.2) is 26.2 Å². The van der Waals surface area contributed by atoms with Gasteiger partial charge < -0.3 is 4.52 Å². The molecule has 0 atom stereocenters. The van der Waals surface area contributed by atoms with Gasteiger partial charge in [-0.15, -0.1) is 0 Å². The van der Waals surface area contributed by atoms with Crippen molar-refractivity contribution in [1.29, 1.82) is 0 Å². The van der Waals surface area contributed by atoms with E-state index in [9.17, 15) is 18.0 Å². The minimum atomic E-state index is -4.67. The van der Waals surface area contributed by atoms with E-state index in [1.165, 1.54) is 6.20 Å². The van der Waals surface area contributed by atoms with E-state index in [1.54, 1.807) is 35.1 Å². The third-order valence-corrected chi connectivity index (χ3v) is 3.01. The van der Waals surface area contributed by atoms with Crippen LogP contribution in [0.4, 0.5) is 13.2 Å². The highest BCUT2D eigenvalue weighted by Gasteiger charge is 2.38. The number of benzene rings is 1. The molecule has 6 nitrogen and oxygen atoms in total. The fraction of sp³-hybridized carbons (Fsp3) is 0.143. The third-order valence-electron chi connectivity index (χ3n) is 3.01. The van der Waals surface area contributed by atoms with Crippen LogP contribution in [0.25, 0.3) is 11.4 Å². The molecule has 0 N–H and O–H groups in total. The van der Waals surface area contributed by atoms with E-state index in [2.05, 4.69) is 19.8 Å². The zero-order valence-electron chi connectivity index (χ0n) is 11.5. The Labute approximate surface area is 127 Å². The van der Waals surface area contributed by atoms with Gasteiger partial charge in [-0.25, -0.2) is 0 Å². The van der Waals surface area contributed by atoms with Gasteiger partial charge in [0.2, 0.25) is 5.82 Å². The van der Waals surface area contributed by atoms with Gasteiger partial charge in [0.25, 0.3) is 0 Å². The highest BCUT2D eigenvalue weighted by atomic mass is 19.4. The molecule has 0 spiro atoms. The standard InChI is InChI=1S/C14H9F3N4O2/c15-14(16,17)13-19-12(20-23-13)11-3-1-9(2-4-11)6-21-7-10(8-22)5-18-21/h1-5,7-8H,6H2. The molecule has 3 rings (SSSR count). The van der Waals surface area contributed by atoms with Gasteiger partial charge in [0.1, 0.15) is 0 Å². The monoisotopic (exact) mass is 322 g/mol. The summed E-state index contributed by atoms with van der Waals surface area (Å²) >= 11 is 0. The number of alkyl halides is 3. The summed E-state index contributed by atoms with van der Waals surface area (Å²) in [5.74, 6) is -1.51. The van der Waals surface area contributed by atoms with E-state index >= 15 is 0 Å². The smallest absolute Gasteiger partial charge is 0.329 e. The molecule has 0 saturated heterocycles. The molecule has 9 heteroatoms. The van der Waals surface area contributed by atoms with Crippen molar-refractivity contribution < 1.29 is 22.5 Å². The van der Waals surface area contributed by atoms with Crippen LogP contribution in [0.15, 0.2) is 41.2 Å². The summed E-state index contributed by atoms with van der Waals surface area (Å²) in [6, 6.07) is 6.59. The minimum absolute atomic E-state index is 0.133. The van der Waals surface area contributed by atoms with Crippen molar-refractivity contribution in [2.45, 2.75) is 12.7 Å². The summed E-state index contributed by atoms with van der Waals surface area (Å²) in [6.45, 7) is 0.425. The molecule has 118 valence electrons. The molecule has 0 unspecified atom stereocenters. The third kappa shape index (κ3) is 3.28. The normalized spacial score (nSPS) is 11.6. The fourth-order valence-corrected chi connectivity index (χ4v) is 1.93. The number of halogens is 3. The van der Waals surface area contributed by atoms with Gasteiger partial charge in [-0.2, -0.15) is 23.3 Å². The average Bonchev–Trinajstić information content (AvgIpc) is 3.16. The molecule has 0 radical (unpaired) electrons. The summed E-state index contributed by atoms with van der Waals surface area (Å²) < 4.78 is 43.0. The average molecular weight is 322 g/mol. The van der Waals surface area contributed by atoms with E-state index in [4.69, 9.17) is 0 Å². The summed E-state index contributed by atoms with van der Waals surface area (Å²) in [5, 5.41) is 7.33. The molecule has 23 heavy (non-hydrogen) atoms. The number of aldehydes is 1. The Balaban J connectivity index is 1.76. The van der Waals surface area contributed by atoms with E-state index in [0.29, 0.717) is 24.0 Å². The first-order chi connectivity index (χ1) is 11.0. The van der Waals surface area contributed by atoms with Gasteiger partial charge in [0.05, 0.1) is 18.3 Å². The Morgan fingerprint density at radius 1 is 1.22 bits per heavy atom. The lowest BCUT2D eigenvalue weighted by Crippen LogP contribution is -2.04.